The fourth-order valence-corrected chi connectivity index (χ4v) is 0.742. The second-order valence-corrected chi connectivity index (χ2v) is 2.28. The van der Waals surface area contributed by atoms with Gasteiger partial charge in [0, 0.05) is 17.7 Å². The molecule has 5 heteroatoms. The predicted octanol–water partition coefficient (Wildman–Crippen LogP) is 0.469. The summed E-state index contributed by atoms with van der Waals surface area (Å²) in [6.45, 7) is 0. The molecule has 1 aromatic rings. The third-order valence-corrected chi connectivity index (χ3v) is 1.31. The van der Waals surface area contributed by atoms with E-state index in [2.05, 4.69) is 10.9 Å². The van der Waals surface area contributed by atoms with E-state index in [0.717, 1.165) is 12.3 Å². The quantitative estimate of drug-likeness (QED) is 0.400. The van der Waals surface area contributed by atoms with Crippen molar-refractivity contribution in [3.05, 3.63) is 29.3 Å². The minimum Gasteiger partial charge on any atom is -0.472 e. The third kappa shape index (κ3) is 2.38. The highest BCUT2D eigenvalue weighted by Crippen LogP contribution is 2.03. The lowest BCUT2D eigenvalue weighted by Crippen LogP contribution is -1.94. The lowest BCUT2D eigenvalue weighted by molar-refractivity contribution is -0.130. The average molecular weight is 193 g/mol. The maximum atomic E-state index is 12.7. The molecule has 0 aliphatic carbocycles. The molecule has 0 amide bonds. The summed E-state index contributed by atoms with van der Waals surface area (Å²) in [6, 6.07) is 1.13. The zero-order chi connectivity index (χ0) is 10.6. The molecule has 0 atom stereocenters. The van der Waals surface area contributed by atoms with Crippen LogP contribution in [-0.4, -0.2) is 22.3 Å². The van der Waals surface area contributed by atoms with Crippen molar-refractivity contribution in [3.8, 4) is 11.8 Å². The SMILES string of the molecule is O=Cc1cc(C#CC(=O)O)cnc1F. The van der Waals surface area contributed by atoms with Gasteiger partial charge in [0.1, 0.15) is 0 Å². The molecular weight excluding hydrogens is 189 g/mol. The van der Waals surface area contributed by atoms with Gasteiger partial charge in [-0.2, -0.15) is 4.39 Å². The molecule has 0 aliphatic heterocycles. The summed E-state index contributed by atoms with van der Waals surface area (Å²) in [5.74, 6) is 1.82. The van der Waals surface area contributed by atoms with Crippen molar-refractivity contribution in [2.24, 2.45) is 0 Å². The van der Waals surface area contributed by atoms with Crippen LogP contribution in [0.4, 0.5) is 4.39 Å². The van der Waals surface area contributed by atoms with E-state index in [0.29, 0.717) is 0 Å². The molecule has 14 heavy (non-hydrogen) atoms. The van der Waals surface area contributed by atoms with Gasteiger partial charge in [0.15, 0.2) is 6.29 Å². The molecular formula is C9H4FNO3. The Morgan fingerprint density at radius 3 is 2.93 bits per heavy atom. The molecule has 0 saturated carbocycles. The number of carbonyl (C=O) groups excluding carboxylic acids is 1. The van der Waals surface area contributed by atoms with Crippen molar-refractivity contribution in [2.45, 2.75) is 0 Å². The normalized spacial score (nSPS) is 8.64. The van der Waals surface area contributed by atoms with E-state index in [1.165, 1.54) is 0 Å². The highest BCUT2D eigenvalue weighted by molar-refractivity contribution is 5.87. The first-order valence-corrected chi connectivity index (χ1v) is 3.49. The summed E-state index contributed by atoms with van der Waals surface area (Å²) in [5.41, 5.74) is -0.0712. The van der Waals surface area contributed by atoms with Crippen LogP contribution in [-0.2, 0) is 4.79 Å². The Hall–Kier alpha value is -2.22. The van der Waals surface area contributed by atoms with Gasteiger partial charge < -0.3 is 5.11 Å². The first kappa shape index (κ1) is 9.86. The second-order valence-electron chi connectivity index (χ2n) is 2.28. The number of carbonyl (C=O) groups is 2. The monoisotopic (exact) mass is 193 g/mol. The molecule has 1 aromatic heterocycles. The molecule has 1 N–H and O–H groups in total. The number of rotatable bonds is 1. The Kier molecular flexibility index (Phi) is 2.92. The Labute approximate surface area is 78.4 Å². The third-order valence-electron chi connectivity index (χ3n) is 1.31. The summed E-state index contributed by atoms with van der Waals surface area (Å²) in [4.78, 5) is 23.6. The lowest BCUT2D eigenvalue weighted by atomic mass is 10.2. The molecule has 0 aromatic carbocycles. The molecule has 4 nitrogen and oxygen atoms in total. The number of hydrogen-bond donors (Lipinski definition) is 1. The van der Waals surface area contributed by atoms with Gasteiger partial charge in [0.25, 0.3) is 0 Å². The first-order valence-electron chi connectivity index (χ1n) is 3.49. The fraction of sp³-hybridized carbons (Fsp3) is 0. The molecule has 0 fully saturated rings. The zero-order valence-corrected chi connectivity index (χ0v) is 6.82. The molecule has 0 radical (unpaired) electrons. The van der Waals surface area contributed by atoms with Crippen LogP contribution < -0.4 is 0 Å². The predicted molar refractivity (Wildman–Crippen MR) is 44.1 cm³/mol. The van der Waals surface area contributed by atoms with Gasteiger partial charge in [-0.1, -0.05) is 5.92 Å². The molecule has 0 unspecified atom stereocenters. The van der Waals surface area contributed by atoms with Gasteiger partial charge >= 0.3 is 5.97 Å². The number of aliphatic carboxylic acids is 1. The van der Waals surface area contributed by atoms with E-state index >= 15 is 0 Å². The van der Waals surface area contributed by atoms with E-state index in [9.17, 15) is 14.0 Å². The summed E-state index contributed by atoms with van der Waals surface area (Å²) in [6.07, 6.45) is 1.34. The van der Waals surface area contributed by atoms with Crippen molar-refractivity contribution < 1.29 is 19.1 Å². The van der Waals surface area contributed by atoms with Gasteiger partial charge in [0.05, 0.1) is 5.56 Å². The van der Waals surface area contributed by atoms with Crippen LogP contribution in [0.15, 0.2) is 12.3 Å². The highest BCUT2D eigenvalue weighted by Gasteiger charge is 2.02. The molecule has 0 spiro atoms. The second kappa shape index (κ2) is 4.14. The van der Waals surface area contributed by atoms with E-state index in [-0.39, 0.29) is 17.4 Å². The summed E-state index contributed by atoms with van der Waals surface area (Å²) in [7, 11) is 0. The summed E-state index contributed by atoms with van der Waals surface area (Å²) in [5, 5.41) is 8.22. The number of hydrogen-bond acceptors (Lipinski definition) is 3. The van der Waals surface area contributed by atoms with Crippen molar-refractivity contribution >= 4 is 12.3 Å². The number of halogens is 1. The van der Waals surface area contributed by atoms with Crippen LogP contribution in [0.3, 0.4) is 0 Å². The van der Waals surface area contributed by atoms with Crippen molar-refractivity contribution in [1.29, 1.82) is 0 Å². The Balaban J connectivity index is 3.09. The van der Waals surface area contributed by atoms with Crippen molar-refractivity contribution in [3.63, 3.8) is 0 Å². The number of nitrogens with zero attached hydrogens (tertiary/aromatic N) is 1. The van der Waals surface area contributed by atoms with Crippen LogP contribution in [0.25, 0.3) is 0 Å². The van der Waals surface area contributed by atoms with Gasteiger partial charge in [-0.25, -0.2) is 9.78 Å². The van der Waals surface area contributed by atoms with Gasteiger partial charge in [-0.15, -0.1) is 0 Å². The number of carboxylic acids is 1. The smallest absolute Gasteiger partial charge is 0.382 e. The number of carboxylic acid groups (broad SMARTS) is 1. The van der Waals surface area contributed by atoms with Crippen LogP contribution >= 0.6 is 0 Å². The maximum absolute atomic E-state index is 12.7. The zero-order valence-electron chi connectivity index (χ0n) is 6.82. The largest absolute Gasteiger partial charge is 0.472 e. The van der Waals surface area contributed by atoms with Crippen molar-refractivity contribution in [1.82, 2.24) is 4.98 Å². The molecule has 0 bridgehead atoms. The van der Waals surface area contributed by atoms with Gasteiger partial charge in [-0.3, -0.25) is 4.79 Å². The Bertz CT molecular complexity index is 445. The van der Waals surface area contributed by atoms with Crippen LogP contribution in [0, 0.1) is 17.8 Å². The van der Waals surface area contributed by atoms with Gasteiger partial charge in [-0.05, 0) is 6.07 Å². The molecule has 1 heterocycles. The number of aromatic nitrogens is 1. The summed E-state index contributed by atoms with van der Waals surface area (Å²) < 4.78 is 12.7. The van der Waals surface area contributed by atoms with Crippen molar-refractivity contribution in [2.75, 3.05) is 0 Å². The lowest BCUT2D eigenvalue weighted by Gasteiger charge is -1.93. The number of aldehydes is 1. The molecule has 70 valence electrons. The van der Waals surface area contributed by atoms with E-state index in [4.69, 9.17) is 5.11 Å². The van der Waals surface area contributed by atoms with Crippen LogP contribution in [0.1, 0.15) is 15.9 Å². The standard InChI is InChI=1S/C9H4FNO3/c10-9-7(5-12)3-6(4-11-9)1-2-8(13)14/h3-5H,(H,13,14). The molecule has 1 rings (SSSR count). The molecule has 0 aliphatic rings. The summed E-state index contributed by atoms with van der Waals surface area (Å²) >= 11 is 0. The van der Waals surface area contributed by atoms with E-state index in [1.807, 2.05) is 5.92 Å². The van der Waals surface area contributed by atoms with Crippen LogP contribution in [0.2, 0.25) is 0 Å². The minimum atomic E-state index is -1.30. The van der Waals surface area contributed by atoms with E-state index in [1.54, 1.807) is 0 Å². The maximum Gasteiger partial charge on any atom is 0.382 e. The first-order chi connectivity index (χ1) is 6.63. The van der Waals surface area contributed by atoms with Gasteiger partial charge in [0.2, 0.25) is 5.95 Å². The number of pyridine rings is 1. The highest BCUT2D eigenvalue weighted by atomic mass is 19.1. The topological polar surface area (TPSA) is 67.3 Å². The minimum absolute atomic E-state index is 0.177. The Morgan fingerprint density at radius 2 is 2.36 bits per heavy atom. The Morgan fingerprint density at radius 1 is 1.64 bits per heavy atom. The van der Waals surface area contributed by atoms with Crippen LogP contribution in [0.5, 0.6) is 0 Å². The average Bonchev–Trinajstić information content (AvgIpc) is 2.16. The molecule has 0 saturated heterocycles. The fourth-order valence-electron chi connectivity index (χ4n) is 0.742. The van der Waals surface area contributed by atoms with E-state index < -0.39 is 11.9 Å².